The van der Waals surface area contributed by atoms with E-state index in [0.29, 0.717) is 20.8 Å². The van der Waals surface area contributed by atoms with E-state index >= 15 is 0 Å². The number of nitrogens with one attached hydrogen (secondary N) is 1. The van der Waals surface area contributed by atoms with Crippen LogP contribution in [0.2, 0.25) is 15.1 Å². The van der Waals surface area contributed by atoms with Gasteiger partial charge < -0.3 is 5.32 Å². The van der Waals surface area contributed by atoms with Crippen LogP contribution < -0.4 is 5.32 Å². The van der Waals surface area contributed by atoms with E-state index in [1.807, 2.05) is 30.3 Å². The first-order valence-corrected chi connectivity index (χ1v) is 5.77. The maximum absolute atomic E-state index is 6.06. The van der Waals surface area contributed by atoms with Gasteiger partial charge in [0.2, 0.25) is 0 Å². The van der Waals surface area contributed by atoms with E-state index in [2.05, 4.69) is 5.32 Å². The fourth-order valence-corrected chi connectivity index (χ4v) is 1.97. The van der Waals surface area contributed by atoms with Crippen molar-refractivity contribution in [1.29, 1.82) is 0 Å². The maximum atomic E-state index is 6.06. The van der Waals surface area contributed by atoms with E-state index < -0.39 is 0 Å². The monoisotopic (exact) mass is 271 g/mol. The third-order valence-corrected chi connectivity index (χ3v) is 3.07. The largest absolute Gasteiger partial charge is 0.354 e. The first-order valence-electron chi connectivity index (χ1n) is 4.63. The van der Waals surface area contributed by atoms with Gasteiger partial charge in [0.25, 0.3) is 0 Å². The van der Waals surface area contributed by atoms with Crippen LogP contribution in [0.25, 0.3) is 0 Å². The Morgan fingerprint density at radius 1 is 0.875 bits per heavy atom. The quantitative estimate of drug-likeness (QED) is 0.723. The van der Waals surface area contributed by atoms with Crippen molar-refractivity contribution in [2.75, 3.05) is 5.32 Å². The average Bonchev–Trinajstić information content (AvgIpc) is 2.27. The molecule has 0 saturated carbocycles. The van der Waals surface area contributed by atoms with Crippen LogP contribution in [0.15, 0.2) is 42.5 Å². The molecular weight excluding hydrogens is 264 g/mol. The Morgan fingerprint density at radius 3 is 2.25 bits per heavy atom. The van der Waals surface area contributed by atoms with Crippen molar-refractivity contribution in [3.8, 4) is 0 Å². The summed E-state index contributed by atoms with van der Waals surface area (Å²) < 4.78 is 0. The van der Waals surface area contributed by atoms with Crippen LogP contribution >= 0.6 is 34.8 Å². The van der Waals surface area contributed by atoms with Crippen LogP contribution in [-0.4, -0.2) is 0 Å². The molecule has 0 aromatic heterocycles. The Hall–Kier alpha value is -0.890. The molecule has 1 nitrogen and oxygen atoms in total. The molecule has 2 aromatic carbocycles. The van der Waals surface area contributed by atoms with E-state index in [-0.39, 0.29) is 0 Å². The van der Waals surface area contributed by atoms with E-state index in [1.165, 1.54) is 0 Å². The lowest BCUT2D eigenvalue weighted by Gasteiger charge is -2.09. The van der Waals surface area contributed by atoms with Crippen molar-refractivity contribution < 1.29 is 0 Å². The average molecular weight is 273 g/mol. The van der Waals surface area contributed by atoms with Crippen molar-refractivity contribution in [2.45, 2.75) is 0 Å². The summed E-state index contributed by atoms with van der Waals surface area (Å²) in [6.07, 6.45) is 0. The van der Waals surface area contributed by atoms with E-state index in [4.69, 9.17) is 34.8 Å². The second-order valence-corrected chi connectivity index (χ2v) is 4.46. The molecule has 2 rings (SSSR count). The van der Waals surface area contributed by atoms with Gasteiger partial charge in [-0.15, -0.1) is 0 Å². The SMILES string of the molecule is Clc1cc(Cl)c(Cl)c(Nc2ccccc2)c1. The van der Waals surface area contributed by atoms with Crippen LogP contribution in [0.1, 0.15) is 0 Å². The van der Waals surface area contributed by atoms with Gasteiger partial charge in [-0.2, -0.15) is 0 Å². The van der Waals surface area contributed by atoms with Crippen molar-refractivity contribution >= 4 is 46.2 Å². The van der Waals surface area contributed by atoms with Crippen LogP contribution in [0.4, 0.5) is 11.4 Å². The third kappa shape index (κ3) is 2.62. The minimum atomic E-state index is 0.438. The van der Waals surface area contributed by atoms with Gasteiger partial charge in [0.05, 0.1) is 15.7 Å². The molecule has 0 atom stereocenters. The van der Waals surface area contributed by atoms with Gasteiger partial charge in [-0.3, -0.25) is 0 Å². The summed E-state index contributed by atoms with van der Waals surface area (Å²) >= 11 is 17.9. The Morgan fingerprint density at radius 2 is 1.56 bits per heavy atom. The predicted octanol–water partition coefficient (Wildman–Crippen LogP) is 5.39. The lowest BCUT2D eigenvalue weighted by Crippen LogP contribution is -1.91. The number of rotatable bonds is 2. The highest BCUT2D eigenvalue weighted by atomic mass is 35.5. The molecule has 0 unspecified atom stereocenters. The van der Waals surface area contributed by atoms with Crippen LogP contribution in [0, 0.1) is 0 Å². The molecule has 4 heteroatoms. The second-order valence-electron chi connectivity index (χ2n) is 3.24. The van der Waals surface area contributed by atoms with E-state index in [1.54, 1.807) is 12.1 Å². The summed E-state index contributed by atoms with van der Waals surface area (Å²) in [4.78, 5) is 0. The molecule has 82 valence electrons. The highest BCUT2D eigenvalue weighted by Gasteiger charge is 2.06. The van der Waals surface area contributed by atoms with Crippen LogP contribution in [0.5, 0.6) is 0 Å². The van der Waals surface area contributed by atoms with Crippen molar-refractivity contribution in [3.05, 3.63) is 57.5 Å². The second kappa shape index (κ2) is 4.96. The highest BCUT2D eigenvalue weighted by Crippen LogP contribution is 2.34. The summed E-state index contributed by atoms with van der Waals surface area (Å²) in [6.45, 7) is 0. The van der Waals surface area contributed by atoms with Crippen molar-refractivity contribution in [1.82, 2.24) is 0 Å². The molecule has 0 radical (unpaired) electrons. The number of hydrogen-bond donors (Lipinski definition) is 1. The molecule has 0 spiro atoms. The van der Waals surface area contributed by atoms with Gasteiger partial charge in [0.15, 0.2) is 0 Å². The molecule has 0 aliphatic heterocycles. The summed E-state index contributed by atoms with van der Waals surface area (Å²) in [5.41, 5.74) is 1.63. The van der Waals surface area contributed by atoms with Gasteiger partial charge in [0.1, 0.15) is 0 Å². The van der Waals surface area contributed by atoms with E-state index in [9.17, 15) is 0 Å². The van der Waals surface area contributed by atoms with Crippen molar-refractivity contribution in [3.63, 3.8) is 0 Å². The van der Waals surface area contributed by atoms with Crippen molar-refractivity contribution in [2.24, 2.45) is 0 Å². The fourth-order valence-electron chi connectivity index (χ4n) is 1.32. The number of benzene rings is 2. The van der Waals surface area contributed by atoms with Gasteiger partial charge in [-0.1, -0.05) is 53.0 Å². The van der Waals surface area contributed by atoms with Gasteiger partial charge in [0, 0.05) is 10.7 Å². The lowest BCUT2D eigenvalue weighted by molar-refractivity contribution is 1.55. The molecule has 0 heterocycles. The molecule has 0 saturated heterocycles. The van der Waals surface area contributed by atoms with Gasteiger partial charge >= 0.3 is 0 Å². The minimum Gasteiger partial charge on any atom is -0.354 e. The number of para-hydroxylation sites is 1. The predicted molar refractivity (Wildman–Crippen MR) is 71.2 cm³/mol. The van der Waals surface area contributed by atoms with Crippen LogP contribution in [-0.2, 0) is 0 Å². The molecule has 16 heavy (non-hydrogen) atoms. The van der Waals surface area contributed by atoms with Gasteiger partial charge in [-0.05, 0) is 24.3 Å². The Labute approximate surface area is 109 Å². The molecular formula is C12H8Cl3N. The minimum absolute atomic E-state index is 0.438. The standard InChI is InChI=1S/C12H8Cl3N/c13-8-6-10(14)12(15)11(7-8)16-9-4-2-1-3-5-9/h1-7,16H. The molecule has 0 aliphatic carbocycles. The zero-order chi connectivity index (χ0) is 11.5. The summed E-state index contributed by atoms with van der Waals surface area (Å²) in [7, 11) is 0. The molecule has 2 aromatic rings. The Balaban J connectivity index is 2.35. The molecule has 1 N–H and O–H groups in total. The maximum Gasteiger partial charge on any atom is 0.0828 e. The molecule has 0 aliphatic rings. The molecule has 0 bridgehead atoms. The normalized spacial score (nSPS) is 10.2. The first-order chi connectivity index (χ1) is 7.66. The van der Waals surface area contributed by atoms with E-state index in [0.717, 1.165) is 5.69 Å². The first kappa shape index (κ1) is 11.6. The Bertz CT molecular complexity index is 497. The summed E-state index contributed by atoms with van der Waals surface area (Å²) in [5.74, 6) is 0. The van der Waals surface area contributed by atoms with Crippen LogP contribution in [0.3, 0.4) is 0 Å². The molecule has 0 amide bonds. The topological polar surface area (TPSA) is 12.0 Å². The zero-order valence-corrected chi connectivity index (χ0v) is 10.4. The smallest absolute Gasteiger partial charge is 0.0828 e. The number of anilines is 2. The highest BCUT2D eigenvalue weighted by molar-refractivity contribution is 6.45. The Kier molecular flexibility index (Phi) is 3.59. The lowest BCUT2D eigenvalue weighted by atomic mass is 10.2. The number of halogens is 3. The fraction of sp³-hybridized carbons (Fsp3) is 0. The van der Waals surface area contributed by atoms with Gasteiger partial charge in [-0.25, -0.2) is 0 Å². The zero-order valence-electron chi connectivity index (χ0n) is 8.18. The summed E-state index contributed by atoms with van der Waals surface area (Å²) in [5, 5.41) is 4.61. The third-order valence-electron chi connectivity index (χ3n) is 2.05. The number of hydrogen-bond acceptors (Lipinski definition) is 1. The summed E-state index contributed by atoms with van der Waals surface area (Å²) in [6, 6.07) is 13.0. The molecule has 0 fully saturated rings.